The Hall–Kier alpha value is -3.19. The van der Waals surface area contributed by atoms with Crippen molar-refractivity contribution in [1.82, 2.24) is 4.90 Å². The van der Waals surface area contributed by atoms with Crippen molar-refractivity contribution in [2.45, 2.75) is 19.8 Å². The normalized spacial score (nSPS) is 12.9. The van der Waals surface area contributed by atoms with Crippen LogP contribution in [0, 0.1) is 0 Å². The summed E-state index contributed by atoms with van der Waals surface area (Å²) in [5.74, 6) is -0.666. The maximum Gasteiger partial charge on any atom is 0.323 e. The number of urea groups is 1. The lowest BCUT2D eigenvalue weighted by atomic mass is 10.1. The van der Waals surface area contributed by atoms with Crippen LogP contribution in [0.1, 0.15) is 39.6 Å². The molecule has 0 bridgehead atoms. The van der Waals surface area contributed by atoms with Crippen LogP contribution >= 0.6 is 0 Å². The van der Waals surface area contributed by atoms with Crippen molar-refractivity contribution in [2.75, 3.05) is 30.9 Å². The molecule has 0 saturated heterocycles. The molecule has 0 radical (unpaired) electrons. The number of hydrogen-bond donors (Lipinski definition) is 2. The van der Waals surface area contributed by atoms with Crippen molar-refractivity contribution in [3.05, 3.63) is 59.2 Å². The molecule has 1 aliphatic rings. The minimum Gasteiger partial charge on any atom is -0.385 e. The predicted octanol–water partition coefficient (Wildman–Crippen LogP) is 3.53. The van der Waals surface area contributed by atoms with Crippen molar-refractivity contribution in [1.29, 1.82) is 0 Å². The summed E-state index contributed by atoms with van der Waals surface area (Å²) in [4.78, 5) is 38.5. The van der Waals surface area contributed by atoms with E-state index in [4.69, 9.17) is 4.74 Å². The minimum atomic E-state index is -0.408. The fourth-order valence-corrected chi connectivity index (χ4v) is 3.17. The third kappa shape index (κ3) is 4.04. The highest BCUT2D eigenvalue weighted by molar-refractivity contribution is 6.22. The molecule has 2 aromatic carbocycles. The lowest BCUT2D eigenvalue weighted by molar-refractivity contribution is 0.0638. The smallest absolute Gasteiger partial charge is 0.323 e. The molecular weight excluding hydrogens is 358 g/mol. The number of methoxy groups -OCH3 is 1. The van der Waals surface area contributed by atoms with Crippen molar-refractivity contribution in [2.24, 2.45) is 0 Å². The van der Waals surface area contributed by atoms with Gasteiger partial charge in [0, 0.05) is 31.6 Å². The Labute approximate surface area is 163 Å². The first-order chi connectivity index (χ1) is 13.5. The van der Waals surface area contributed by atoms with Gasteiger partial charge in [0.15, 0.2) is 0 Å². The number of ether oxygens (including phenoxy) is 1. The van der Waals surface area contributed by atoms with Gasteiger partial charge in [-0.05, 0) is 42.7 Å². The van der Waals surface area contributed by atoms with Crippen LogP contribution in [0.5, 0.6) is 0 Å². The molecule has 2 N–H and O–H groups in total. The van der Waals surface area contributed by atoms with Crippen molar-refractivity contribution in [3.63, 3.8) is 0 Å². The van der Waals surface area contributed by atoms with E-state index in [1.807, 2.05) is 31.2 Å². The highest BCUT2D eigenvalue weighted by atomic mass is 16.5. The number of carbonyl (C=O) groups excluding carboxylic acids is 3. The Morgan fingerprint density at radius 1 is 1.04 bits per heavy atom. The fraction of sp³-hybridized carbons (Fsp3) is 0.286. The van der Waals surface area contributed by atoms with Gasteiger partial charge in [-0.2, -0.15) is 0 Å². The number of hydrogen-bond acceptors (Lipinski definition) is 4. The molecule has 0 fully saturated rings. The van der Waals surface area contributed by atoms with Gasteiger partial charge in [-0.25, -0.2) is 4.79 Å². The first kappa shape index (κ1) is 19.6. The monoisotopic (exact) mass is 381 g/mol. The molecule has 7 heteroatoms. The summed E-state index contributed by atoms with van der Waals surface area (Å²) in [6.45, 7) is 2.79. The van der Waals surface area contributed by atoms with Gasteiger partial charge >= 0.3 is 6.03 Å². The second-order valence-electron chi connectivity index (χ2n) is 6.46. The van der Waals surface area contributed by atoms with Gasteiger partial charge in [-0.1, -0.05) is 25.1 Å². The van der Waals surface area contributed by atoms with Crippen molar-refractivity contribution in [3.8, 4) is 0 Å². The van der Waals surface area contributed by atoms with E-state index in [2.05, 4.69) is 10.6 Å². The fourth-order valence-electron chi connectivity index (χ4n) is 3.17. The zero-order valence-corrected chi connectivity index (χ0v) is 16.0. The number of rotatable bonds is 7. The van der Waals surface area contributed by atoms with Gasteiger partial charge < -0.3 is 15.4 Å². The van der Waals surface area contributed by atoms with E-state index in [-0.39, 0.29) is 11.8 Å². The minimum absolute atomic E-state index is 0.300. The number of benzene rings is 2. The second-order valence-corrected chi connectivity index (χ2v) is 6.46. The predicted molar refractivity (Wildman–Crippen MR) is 107 cm³/mol. The molecule has 1 aliphatic heterocycles. The Bertz CT molecular complexity index is 910. The van der Waals surface area contributed by atoms with Gasteiger partial charge in [0.25, 0.3) is 11.8 Å². The number of para-hydroxylation sites is 1. The van der Waals surface area contributed by atoms with Crippen LogP contribution in [0.3, 0.4) is 0 Å². The van der Waals surface area contributed by atoms with E-state index in [1.54, 1.807) is 19.2 Å². The highest BCUT2D eigenvalue weighted by Gasteiger charge is 2.35. The van der Waals surface area contributed by atoms with E-state index in [0.717, 1.165) is 17.7 Å². The standard InChI is InChI=1S/C21H23N3O4/c1-3-14-7-4-5-8-18(14)23-21(27)22-15-9-10-16-17(13-15)20(26)24(19(16)25)11-6-12-28-2/h4-5,7-10,13H,3,6,11-12H2,1-2H3,(H2,22,23,27). The summed E-state index contributed by atoms with van der Waals surface area (Å²) in [5, 5.41) is 5.54. The van der Waals surface area contributed by atoms with E-state index >= 15 is 0 Å². The maximum absolute atomic E-state index is 12.5. The average Bonchev–Trinajstić information content (AvgIpc) is 2.93. The molecule has 0 unspecified atom stereocenters. The van der Waals surface area contributed by atoms with Crippen LogP contribution in [0.15, 0.2) is 42.5 Å². The third-order valence-electron chi connectivity index (χ3n) is 4.61. The summed E-state index contributed by atoms with van der Waals surface area (Å²) in [5.41, 5.74) is 2.86. The van der Waals surface area contributed by atoms with Gasteiger partial charge in [0.2, 0.25) is 0 Å². The lowest BCUT2D eigenvalue weighted by Gasteiger charge is -2.12. The number of fused-ring (bicyclic) bond motifs is 1. The molecule has 0 spiro atoms. The van der Waals surface area contributed by atoms with Gasteiger partial charge in [-0.3, -0.25) is 14.5 Å². The van der Waals surface area contributed by atoms with Crippen molar-refractivity contribution < 1.29 is 19.1 Å². The summed E-state index contributed by atoms with van der Waals surface area (Å²) >= 11 is 0. The van der Waals surface area contributed by atoms with E-state index in [1.165, 1.54) is 11.0 Å². The van der Waals surface area contributed by atoms with E-state index < -0.39 is 6.03 Å². The van der Waals surface area contributed by atoms with Crippen molar-refractivity contribution >= 4 is 29.2 Å². The molecule has 7 nitrogen and oxygen atoms in total. The zero-order chi connectivity index (χ0) is 20.1. The molecule has 146 valence electrons. The SMILES string of the molecule is CCc1ccccc1NC(=O)Nc1ccc2c(c1)C(=O)N(CCCOC)C2=O. The molecule has 0 aromatic heterocycles. The summed E-state index contributed by atoms with van der Waals surface area (Å²) < 4.78 is 4.97. The molecule has 28 heavy (non-hydrogen) atoms. The zero-order valence-electron chi connectivity index (χ0n) is 16.0. The number of imide groups is 1. The van der Waals surface area contributed by atoms with E-state index in [9.17, 15) is 14.4 Å². The number of nitrogens with zero attached hydrogens (tertiary/aromatic N) is 1. The quantitative estimate of drug-likeness (QED) is 0.567. The average molecular weight is 381 g/mol. The highest BCUT2D eigenvalue weighted by Crippen LogP contribution is 2.26. The molecule has 0 aliphatic carbocycles. The first-order valence-electron chi connectivity index (χ1n) is 9.20. The second kappa shape index (κ2) is 8.67. The molecule has 4 amide bonds. The van der Waals surface area contributed by atoms with Gasteiger partial charge in [0.05, 0.1) is 11.1 Å². The van der Waals surface area contributed by atoms with Gasteiger partial charge in [-0.15, -0.1) is 0 Å². The lowest BCUT2D eigenvalue weighted by Crippen LogP contribution is -2.31. The van der Waals surface area contributed by atoms with Crippen LogP contribution in [-0.2, 0) is 11.2 Å². The number of nitrogens with one attached hydrogen (secondary N) is 2. The Balaban J connectivity index is 1.70. The molecule has 0 atom stereocenters. The topological polar surface area (TPSA) is 87.7 Å². The van der Waals surface area contributed by atoms with Crippen LogP contribution in [0.4, 0.5) is 16.2 Å². The number of aryl methyl sites for hydroxylation is 1. The Morgan fingerprint density at radius 3 is 2.54 bits per heavy atom. The first-order valence-corrected chi connectivity index (χ1v) is 9.20. The number of amides is 4. The largest absolute Gasteiger partial charge is 0.385 e. The molecule has 3 rings (SSSR count). The van der Waals surface area contributed by atoms with Crippen LogP contribution < -0.4 is 10.6 Å². The van der Waals surface area contributed by atoms with Crippen LogP contribution in [0.2, 0.25) is 0 Å². The van der Waals surface area contributed by atoms with E-state index in [0.29, 0.717) is 36.4 Å². The van der Waals surface area contributed by atoms with Gasteiger partial charge in [0.1, 0.15) is 0 Å². The third-order valence-corrected chi connectivity index (χ3v) is 4.61. The molecule has 1 heterocycles. The summed E-state index contributed by atoms with van der Waals surface area (Å²) in [6, 6.07) is 11.9. The number of carbonyl (C=O) groups is 3. The Kier molecular flexibility index (Phi) is 6.06. The van der Waals surface area contributed by atoms with Crippen LogP contribution in [0.25, 0.3) is 0 Å². The van der Waals surface area contributed by atoms with Crippen LogP contribution in [-0.4, -0.2) is 43.0 Å². The molecule has 2 aromatic rings. The Morgan fingerprint density at radius 2 is 1.79 bits per heavy atom. The maximum atomic E-state index is 12.5. The summed E-state index contributed by atoms with van der Waals surface area (Å²) in [7, 11) is 1.57. The molecule has 0 saturated carbocycles. The molecular formula is C21H23N3O4. The number of anilines is 2. The summed E-state index contributed by atoms with van der Waals surface area (Å²) in [6.07, 6.45) is 1.37.